The molecular weight excluding hydrogens is 272 g/mol. The second-order valence-corrected chi connectivity index (χ2v) is 6.38. The third-order valence-electron chi connectivity index (χ3n) is 4.53. The van der Waals surface area contributed by atoms with Gasteiger partial charge in [-0.1, -0.05) is 23.7 Å². The molecule has 0 bridgehead atoms. The van der Waals surface area contributed by atoms with Gasteiger partial charge in [0.1, 0.15) is 0 Å². The Bertz CT molecular complexity index is 437. The first kappa shape index (κ1) is 14.3. The summed E-state index contributed by atoms with van der Waals surface area (Å²) in [4.78, 5) is 5.04. The fourth-order valence-corrected chi connectivity index (χ4v) is 3.38. The Morgan fingerprint density at radius 3 is 2.75 bits per heavy atom. The monoisotopic (exact) mass is 294 g/mol. The molecule has 2 aliphatic rings. The number of hydrogen-bond acceptors (Lipinski definition) is 3. The maximum absolute atomic E-state index is 5.95. The molecule has 4 heteroatoms. The molecule has 0 radical (unpaired) electrons. The maximum atomic E-state index is 5.95. The highest BCUT2D eigenvalue weighted by Crippen LogP contribution is 2.25. The van der Waals surface area contributed by atoms with E-state index in [0.29, 0.717) is 0 Å². The van der Waals surface area contributed by atoms with E-state index in [4.69, 9.17) is 16.3 Å². The average molecular weight is 295 g/mol. The van der Waals surface area contributed by atoms with Gasteiger partial charge in [-0.05, 0) is 44.1 Å². The summed E-state index contributed by atoms with van der Waals surface area (Å²) in [5, 5.41) is 0.786. The van der Waals surface area contributed by atoms with Crippen LogP contribution in [-0.4, -0.2) is 55.7 Å². The lowest BCUT2D eigenvalue weighted by molar-refractivity contribution is -0.0352. The zero-order chi connectivity index (χ0) is 13.9. The fraction of sp³-hybridized carbons (Fsp3) is 0.625. The van der Waals surface area contributed by atoms with Crippen molar-refractivity contribution in [3.8, 4) is 0 Å². The Labute approximate surface area is 126 Å². The predicted molar refractivity (Wildman–Crippen MR) is 82.2 cm³/mol. The topological polar surface area (TPSA) is 15.7 Å². The normalized spacial score (nSPS) is 28.9. The summed E-state index contributed by atoms with van der Waals surface area (Å²) in [6.07, 6.45) is 2.86. The zero-order valence-electron chi connectivity index (χ0n) is 12.1. The van der Waals surface area contributed by atoms with Gasteiger partial charge in [-0.15, -0.1) is 0 Å². The molecule has 0 spiro atoms. The lowest BCUT2D eigenvalue weighted by Crippen LogP contribution is -2.45. The first-order valence-electron chi connectivity index (χ1n) is 7.52. The van der Waals surface area contributed by atoms with Crippen molar-refractivity contribution in [3.63, 3.8) is 0 Å². The van der Waals surface area contributed by atoms with Crippen LogP contribution in [0.25, 0.3) is 0 Å². The van der Waals surface area contributed by atoms with Crippen LogP contribution in [0.3, 0.4) is 0 Å². The lowest BCUT2D eigenvalue weighted by atomic mass is 10.1. The van der Waals surface area contributed by atoms with Gasteiger partial charge < -0.3 is 9.64 Å². The molecule has 2 atom stereocenters. The molecule has 0 aliphatic carbocycles. The fourth-order valence-electron chi connectivity index (χ4n) is 3.26. The van der Waals surface area contributed by atoms with Crippen LogP contribution in [-0.2, 0) is 4.74 Å². The molecule has 1 aromatic rings. The highest BCUT2D eigenvalue weighted by atomic mass is 35.5. The van der Waals surface area contributed by atoms with Crippen LogP contribution < -0.4 is 0 Å². The van der Waals surface area contributed by atoms with E-state index in [1.807, 2.05) is 12.1 Å². The molecule has 3 rings (SSSR count). The number of hydrogen-bond donors (Lipinski definition) is 0. The molecule has 2 aliphatic heterocycles. The summed E-state index contributed by atoms with van der Waals surface area (Å²) in [7, 11) is 2.24. The highest BCUT2D eigenvalue weighted by molar-refractivity contribution is 6.30. The van der Waals surface area contributed by atoms with E-state index in [-0.39, 0.29) is 6.10 Å². The number of likely N-dealkylation sites (tertiary alicyclic amines) is 1. The summed E-state index contributed by atoms with van der Waals surface area (Å²) >= 11 is 5.95. The summed E-state index contributed by atoms with van der Waals surface area (Å²) < 4.78 is 5.93. The van der Waals surface area contributed by atoms with E-state index in [2.05, 4.69) is 29.0 Å². The minimum atomic E-state index is 0.188. The van der Waals surface area contributed by atoms with Gasteiger partial charge in [0.25, 0.3) is 0 Å². The highest BCUT2D eigenvalue weighted by Gasteiger charge is 2.27. The standard InChI is InChI=1S/C16H23ClN2O/c1-18-8-2-3-15(18)11-19-9-10-20-16(12-19)13-4-6-14(17)7-5-13/h4-7,15-16H,2-3,8-12H2,1H3/t15-,16+/m1/s1. The van der Waals surface area contributed by atoms with Crippen molar-refractivity contribution in [2.24, 2.45) is 0 Å². The number of likely N-dealkylation sites (N-methyl/N-ethyl adjacent to an activating group) is 1. The van der Waals surface area contributed by atoms with Crippen LogP contribution in [0.15, 0.2) is 24.3 Å². The van der Waals surface area contributed by atoms with Gasteiger partial charge in [0.2, 0.25) is 0 Å². The summed E-state index contributed by atoms with van der Waals surface area (Å²) in [5.41, 5.74) is 1.24. The molecule has 0 N–H and O–H groups in total. The van der Waals surface area contributed by atoms with E-state index < -0.39 is 0 Å². The molecule has 1 aromatic carbocycles. The maximum Gasteiger partial charge on any atom is 0.0952 e. The summed E-state index contributed by atoms with van der Waals surface area (Å²) in [5.74, 6) is 0. The average Bonchev–Trinajstić information content (AvgIpc) is 2.85. The number of rotatable bonds is 3. The van der Waals surface area contributed by atoms with Crippen LogP contribution in [0.5, 0.6) is 0 Å². The third-order valence-corrected chi connectivity index (χ3v) is 4.78. The van der Waals surface area contributed by atoms with Gasteiger partial charge in [0.05, 0.1) is 12.7 Å². The second-order valence-electron chi connectivity index (χ2n) is 5.95. The van der Waals surface area contributed by atoms with Crippen LogP contribution >= 0.6 is 11.6 Å². The van der Waals surface area contributed by atoms with Crippen molar-refractivity contribution in [2.75, 3.05) is 39.8 Å². The molecule has 2 fully saturated rings. The first-order valence-corrected chi connectivity index (χ1v) is 7.90. The van der Waals surface area contributed by atoms with Gasteiger partial charge in [-0.3, -0.25) is 4.90 Å². The Hall–Kier alpha value is -0.610. The summed E-state index contributed by atoms with van der Waals surface area (Å²) in [6, 6.07) is 8.78. The first-order chi connectivity index (χ1) is 9.72. The molecule has 0 saturated carbocycles. The number of ether oxygens (including phenoxy) is 1. The molecule has 0 aromatic heterocycles. The number of halogens is 1. The van der Waals surface area contributed by atoms with Gasteiger partial charge in [0, 0.05) is 30.7 Å². The van der Waals surface area contributed by atoms with Gasteiger partial charge in [0.15, 0.2) is 0 Å². The molecule has 0 unspecified atom stereocenters. The van der Waals surface area contributed by atoms with E-state index in [1.165, 1.54) is 31.5 Å². The molecular formula is C16H23ClN2O. The van der Waals surface area contributed by atoms with Crippen molar-refractivity contribution in [2.45, 2.75) is 25.0 Å². The van der Waals surface area contributed by atoms with Crippen LogP contribution in [0, 0.1) is 0 Å². The van der Waals surface area contributed by atoms with Crippen LogP contribution in [0.1, 0.15) is 24.5 Å². The van der Waals surface area contributed by atoms with Crippen LogP contribution in [0.4, 0.5) is 0 Å². The molecule has 110 valence electrons. The van der Waals surface area contributed by atoms with E-state index in [0.717, 1.165) is 30.8 Å². The number of morpholine rings is 1. The largest absolute Gasteiger partial charge is 0.371 e. The van der Waals surface area contributed by atoms with Gasteiger partial charge in [-0.25, -0.2) is 0 Å². The Morgan fingerprint density at radius 2 is 2.05 bits per heavy atom. The van der Waals surface area contributed by atoms with Gasteiger partial charge >= 0.3 is 0 Å². The third kappa shape index (κ3) is 3.34. The molecule has 2 heterocycles. The zero-order valence-corrected chi connectivity index (χ0v) is 12.9. The Morgan fingerprint density at radius 1 is 1.25 bits per heavy atom. The summed E-state index contributed by atoms with van der Waals surface area (Å²) in [6.45, 7) is 5.28. The minimum Gasteiger partial charge on any atom is -0.371 e. The minimum absolute atomic E-state index is 0.188. The molecule has 3 nitrogen and oxygen atoms in total. The SMILES string of the molecule is CN1CCC[C@@H]1CN1CCO[C@H](c2ccc(Cl)cc2)C1. The number of benzene rings is 1. The van der Waals surface area contributed by atoms with Crippen molar-refractivity contribution >= 4 is 11.6 Å². The van der Waals surface area contributed by atoms with E-state index in [9.17, 15) is 0 Å². The van der Waals surface area contributed by atoms with Crippen molar-refractivity contribution < 1.29 is 4.74 Å². The quantitative estimate of drug-likeness (QED) is 0.852. The molecule has 20 heavy (non-hydrogen) atoms. The van der Waals surface area contributed by atoms with Crippen molar-refractivity contribution in [1.29, 1.82) is 0 Å². The van der Waals surface area contributed by atoms with Crippen molar-refractivity contribution in [3.05, 3.63) is 34.9 Å². The van der Waals surface area contributed by atoms with Crippen LogP contribution in [0.2, 0.25) is 5.02 Å². The molecule has 2 saturated heterocycles. The van der Waals surface area contributed by atoms with E-state index >= 15 is 0 Å². The van der Waals surface area contributed by atoms with Crippen molar-refractivity contribution in [1.82, 2.24) is 9.80 Å². The van der Waals surface area contributed by atoms with E-state index in [1.54, 1.807) is 0 Å². The second kappa shape index (κ2) is 6.44. The van der Waals surface area contributed by atoms with Gasteiger partial charge in [-0.2, -0.15) is 0 Å². The Balaban J connectivity index is 1.60. The smallest absolute Gasteiger partial charge is 0.0952 e. The predicted octanol–water partition coefficient (Wildman–Crippen LogP) is 2.81. The molecule has 0 amide bonds. The lowest BCUT2D eigenvalue weighted by Gasteiger charge is -2.36. The number of nitrogens with zero attached hydrogens (tertiary/aromatic N) is 2. The Kier molecular flexibility index (Phi) is 4.61.